The summed E-state index contributed by atoms with van der Waals surface area (Å²) in [6.45, 7) is 3.41. The van der Waals surface area contributed by atoms with Gasteiger partial charge in [-0.25, -0.2) is 15.0 Å². The van der Waals surface area contributed by atoms with Crippen molar-refractivity contribution in [2.75, 3.05) is 13.1 Å². The highest BCUT2D eigenvalue weighted by Crippen LogP contribution is 2.32. The molecule has 0 spiro atoms. The second kappa shape index (κ2) is 9.29. The number of halogens is 4. The minimum atomic E-state index is -4.59. The zero-order valence-corrected chi connectivity index (χ0v) is 15.9. The van der Waals surface area contributed by atoms with Crippen LogP contribution in [-0.4, -0.2) is 34.3 Å². The highest BCUT2D eigenvalue weighted by Gasteiger charge is 2.33. The van der Waals surface area contributed by atoms with Crippen LogP contribution in [0.5, 0.6) is 5.88 Å². The first kappa shape index (κ1) is 22.0. The predicted octanol–water partition coefficient (Wildman–Crippen LogP) is 3.41. The van der Waals surface area contributed by atoms with Gasteiger partial charge in [0.15, 0.2) is 12.4 Å². The molecule has 1 aliphatic heterocycles. The van der Waals surface area contributed by atoms with E-state index in [1.54, 1.807) is 6.92 Å². The minimum Gasteiger partial charge on any atom is -0.462 e. The molecule has 0 radical (unpaired) electrons. The molecule has 2 aromatic rings. The maximum Gasteiger partial charge on any atom is 0.433 e. The van der Waals surface area contributed by atoms with Crippen LogP contribution in [0, 0.1) is 6.92 Å². The third kappa shape index (κ3) is 5.17. The van der Waals surface area contributed by atoms with Gasteiger partial charge in [0.2, 0.25) is 5.88 Å². The first-order valence-corrected chi connectivity index (χ1v) is 8.59. The van der Waals surface area contributed by atoms with Crippen molar-refractivity contribution >= 4 is 18.7 Å². The van der Waals surface area contributed by atoms with E-state index in [1.165, 1.54) is 18.3 Å². The lowest BCUT2D eigenvalue weighted by molar-refractivity contribution is -0.141. The van der Waals surface area contributed by atoms with Gasteiger partial charge in [0.05, 0.1) is 5.69 Å². The topological polar surface area (TPSA) is 77.0 Å². The Morgan fingerprint density at radius 1 is 1.25 bits per heavy atom. The van der Waals surface area contributed by atoms with Crippen molar-refractivity contribution in [2.24, 2.45) is 0 Å². The zero-order valence-electron chi connectivity index (χ0n) is 15.1. The first-order valence-electron chi connectivity index (χ1n) is 8.59. The summed E-state index contributed by atoms with van der Waals surface area (Å²) < 4.78 is 44.0. The lowest BCUT2D eigenvalue weighted by Crippen LogP contribution is -2.28. The summed E-state index contributed by atoms with van der Waals surface area (Å²) in [7, 11) is 0. The number of hydrogen-bond acceptors (Lipinski definition) is 6. The number of nitrogens with one attached hydrogen (secondary N) is 1. The number of piperidine rings is 1. The van der Waals surface area contributed by atoms with Crippen LogP contribution in [0.4, 0.5) is 13.2 Å². The number of rotatable bonds is 5. The molecule has 2 aromatic heterocycles. The fourth-order valence-electron chi connectivity index (χ4n) is 3.07. The van der Waals surface area contributed by atoms with Gasteiger partial charge in [0.1, 0.15) is 11.5 Å². The minimum absolute atomic E-state index is 0. The second-order valence-electron chi connectivity index (χ2n) is 6.32. The van der Waals surface area contributed by atoms with E-state index >= 15 is 0 Å². The molecule has 152 valence electrons. The SMILES string of the molecule is Cc1ncc(C(C=O)Oc2cccc(C(F)(F)F)n2)c(C2CCNCC2)n1.Cl. The molecular formula is C18H20ClF3N4O2. The first-order chi connectivity index (χ1) is 12.9. The van der Waals surface area contributed by atoms with E-state index in [1.807, 2.05) is 0 Å². The molecule has 10 heteroatoms. The highest BCUT2D eigenvalue weighted by atomic mass is 35.5. The molecular weight excluding hydrogens is 397 g/mol. The number of nitrogens with zero attached hydrogens (tertiary/aromatic N) is 3. The van der Waals surface area contributed by atoms with Crippen LogP contribution in [0.3, 0.4) is 0 Å². The van der Waals surface area contributed by atoms with E-state index in [2.05, 4.69) is 20.3 Å². The van der Waals surface area contributed by atoms with Crippen molar-refractivity contribution in [3.05, 3.63) is 47.2 Å². The molecule has 1 N–H and O–H groups in total. The molecule has 1 aliphatic rings. The van der Waals surface area contributed by atoms with Gasteiger partial charge in [-0.1, -0.05) is 6.07 Å². The largest absolute Gasteiger partial charge is 0.462 e. The van der Waals surface area contributed by atoms with E-state index in [0.717, 1.165) is 32.0 Å². The molecule has 1 fully saturated rings. The summed E-state index contributed by atoms with van der Waals surface area (Å²) in [5.41, 5.74) is 0.0816. The number of aryl methyl sites for hydroxylation is 1. The zero-order chi connectivity index (χ0) is 19.4. The molecule has 28 heavy (non-hydrogen) atoms. The molecule has 1 atom stereocenters. The highest BCUT2D eigenvalue weighted by molar-refractivity contribution is 5.85. The number of aromatic nitrogens is 3. The standard InChI is InChI=1S/C18H19F3N4O2.ClH/c1-11-23-9-13(17(24-11)12-5-7-22-8-6-12)14(10-26)27-16-4-2-3-15(25-16)18(19,20)21;/h2-4,9-10,12,14,22H,5-8H2,1H3;1H. The molecule has 1 unspecified atom stereocenters. The Balaban J connectivity index is 0.00000280. The fraction of sp³-hybridized carbons (Fsp3) is 0.444. The van der Waals surface area contributed by atoms with Gasteiger partial charge in [0, 0.05) is 23.7 Å². The fourth-order valence-corrected chi connectivity index (χ4v) is 3.07. The molecule has 0 amide bonds. The number of carbonyl (C=O) groups excluding carboxylic acids is 1. The number of ether oxygens (including phenoxy) is 1. The van der Waals surface area contributed by atoms with Crippen LogP contribution in [0.25, 0.3) is 0 Å². The molecule has 0 aromatic carbocycles. The Labute approximate surface area is 166 Å². The molecule has 0 aliphatic carbocycles. The number of carbonyl (C=O) groups is 1. The average molecular weight is 417 g/mol. The maximum absolute atomic E-state index is 12.8. The van der Waals surface area contributed by atoms with Crippen molar-refractivity contribution in [3.8, 4) is 5.88 Å². The van der Waals surface area contributed by atoms with Crippen LogP contribution >= 0.6 is 12.4 Å². The van der Waals surface area contributed by atoms with Crippen molar-refractivity contribution in [1.29, 1.82) is 0 Å². The van der Waals surface area contributed by atoms with Gasteiger partial charge >= 0.3 is 6.18 Å². The van der Waals surface area contributed by atoms with Crippen LogP contribution in [0.1, 0.15) is 47.6 Å². The van der Waals surface area contributed by atoms with E-state index < -0.39 is 18.0 Å². The molecule has 0 bridgehead atoms. The van der Waals surface area contributed by atoms with Gasteiger partial charge in [0.25, 0.3) is 0 Å². The Bertz CT molecular complexity index is 814. The maximum atomic E-state index is 12.8. The van der Waals surface area contributed by atoms with Crippen LogP contribution in [0.15, 0.2) is 24.4 Å². The van der Waals surface area contributed by atoms with Crippen molar-refractivity contribution < 1.29 is 22.7 Å². The molecule has 0 saturated carbocycles. The smallest absolute Gasteiger partial charge is 0.433 e. The van der Waals surface area contributed by atoms with Gasteiger partial charge in [-0.15, -0.1) is 12.4 Å². The van der Waals surface area contributed by atoms with Crippen LogP contribution in [0.2, 0.25) is 0 Å². The normalized spacial score (nSPS) is 16.1. The summed E-state index contributed by atoms with van der Waals surface area (Å²) >= 11 is 0. The van der Waals surface area contributed by atoms with Gasteiger partial charge in [-0.3, -0.25) is 4.79 Å². The van der Waals surface area contributed by atoms with Crippen LogP contribution < -0.4 is 10.1 Å². The third-order valence-corrected chi connectivity index (χ3v) is 4.39. The summed E-state index contributed by atoms with van der Waals surface area (Å²) in [4.78, 5) is 23.8. The second-order valence-corrected chi connectivity index (χ2v) is 6.32. The third-order valence-electron chi connectivity index (χ3n) is 4.39. The van der Waals surface area contributed by atoms with E-state index in [4.69, 9.17) is 4.74 Å². The number of alkyl halides is 3. The Morgan fingerprint density at radius 3 is 2.61 bits per heavy atom. The molecule has 3 heterocycles. The summed E-state index contributed by atoms with van der Waals surface area (Å²) in [6, 6.07) is 3.32. The molecule has 1 saturated heterocycles. The quantitative estimate of drug-likeness (QED) is 0.753. The lowest BCUT2D eigenvalue weighted by atomic mass is 9.90. The van der Waals surface area contributed by atoms with Gasteiger partial charge in [-0.2, -0.15) is 13.2 Å². The summed E-state index contributed by atoms with van der Waals surface area (Å²) in [5.74, 6) is 0.413. The van der Waals surface area contributed by atoms with Gasteiger partial charge < -0.3 is 10.1 Å². The molecule has 3 rings (SSSR count). The number of hydrogen-bond donors (Lipinski definition) is 1. The monoisotopic (exact) mass is 416 g/mol. The molecule has 6 nitrogen and oxygen atoms in total. The van der Waals surface area contributed by atoms with Crippen molar-refractivity contribution in [1.82, 2.24) is 20.3 Å². The summed E-state index contributed by atoms with van der Waals surface area (Å²) in [6.07, 6.45) is -2.00. The Kier molecular flexibility index (Phi) is 7.31. The van der Waals surface area contributed by atoms with Gasteiger partial charge in [-0.05, 0) is 38.9 Å². The van der Waals surface area contributed by atoms with E-state index in [0.29, 0.717) is 23.4 Å². The lowest BCUT2D eigenvalue weighted by Gasteiger charge is -2.25. The van der Waals surface area contributed by atoms with E-state index in [9.17, 15) is 18.0 Å². The Hall–Kier alpha value is -2.26. The van der Waals surface area contributed by atoms with Crippen molar-refractivity contribution in [3.63, 3.8) is 0 Å². The van der Waals surface area contributed by atoms with E-state index in [-0.39, 0.29) is 24.2 Å². The summed E-state index contributed by atoms with van der Waals surface area (Å²) in [5, 5.41) is 3.26. The van der Waals surface area contributed by atoms with Crippen molar-refractivity contribution in [2.45, 2.75) is 38.0 Å². The average Bonchev–Trinajstić information content (AvgIpc) is 2.66. The number of aldehydes is 1. The van der Waals surface area contributed by atoms with Crippen LogP contribution in [-0.2, 0) is 11.0 Å². The predicted molar refractivity (Wildman–Crippen MR) is 97.5 cm³/mol. The Morgan fingerprint density at radius 2 is 1.96 bits per heavy atom. The number of pyridine rings is 1.